The molecule has 0 N–H and O–H groups in total. The maximum absolute atomic E-state index is 3.93. The van der Waals surface area contributed by atoms with E-state index in [-0.39, 0.29) is 0 Å². The van der Waals surface area contributed by atoms with Crippen LogP contribution in [0, 0.1) is 23.7 Å². The zero-order valence-electron chi connectivity index (χ0n) is 16.0. The van der Waals surface area contributed by atoms with E-state index in [0.29, 0.717) is 0 Å². The van der Waals surface area contributed by atoms with Crippen LogP contribution in [0.3, 0.4) is 0 Å². The molecule has 3 aliphatic carbocycles. The van der Waals surface area contributed by atoms with Gasteiger partial charge in [0.1, 0.15) is 0 Å². The molecule has 0 aromatic heterocycles. The Morgan fingerprint density at radius 1 is 1.00 bits per heavy atom. The lowest BCUT2D eigenvalue weighted by Crippen LogP contribution is -2.46. The maximum atomic E-state index is 3.93. The molecule has 1 saturated carbocycles. The van der Waals surface area contributed by atoms with Gasteiger partial charge in [0.15, 0.2) is 0 Å². The third-order valence-corrected chi connectivity index (χ3v) is 7.18. The predicted molar refractivity (Wildman–Crippen MR) is 104 cm³/mol. The molecule has 1 saturated heterocycles. The third-order valence-electron chi connectivity index (χ3n) is 7.18. The first kappa shape index (κ1) is 17.9. The number of nitrogens with zero attached hydrogens (tertiary/aromatic N) is 2. The zero-order valence-corrected chi connectivity index (χ0v) is 16.0. The van der Waals surface area contributed by atoms with E-state index in [2.05, 4.69) is 51.6 Å². The van der Waals surface area contributed by atoms with Crippen LogP contribution < -0.4 is 0 Å². The molecule has 2 nitrogen and oxygen atoms in total. The Hall–Kier alpha value is -0.860. The van der Waals surface area contributed by atoms with Crippen LogP contribution in [-0.2, 0) is 0 Å². The van der Waals surface area contributed by atoms with Crippen LogP contribution in [-0.4, -0.2) is 62.3 Å². The van der Waals surface area contributed by atoms with Crippen LogP contribution in [0.5, 0.6) is 0 Å². The lowest BCUT2D eigenvalue weighted by molar-refractivity contribution is -0.906. The molecule has 134 valence electrons. The van der Waals surface area contributed by atoms with Crippen LogP contribution >= 0.6 is 0 Å². The second kappa shape index (κ2) is 7.17. The summed E-state index contributed by atoms with van der Waals surface area (Å²) >= 11 is 0. The van der Waals surface area contributed by atoms with E-state index < -0.39 is 0 Å². The Bertz CT molecular complexity index is 460. The first-order chi connectivity index (χ1) is 11.5. The first-order valence-corrected chi connectivity index (χ1v) is 10.1. The molecule has 4 rings (SSSR count). The van der Waals surface area contributed by atoms with Crippen molar-refractivity contribution in [1.29, 1.82) is 0 Å². The number of likely N-dealkylation sites (N-methyl/N-ethyl adjacent to an activating group) is 1. The summed E-state index contributed by atoms with van der Waals surface area (Å²) in [6, 6.07) is 0. The Morgan fingerprint density at radius 2 is 1.54 bits per heavy atom. The highest BCUT2D eigenvalue weighted by molar-refractivity contribution is 5.10. The third kappa shape index (κ3) is 3.70. The Balaban J connectivity index is 1.47. The average molecular weight is 331 g/mol. The van der Waals surface area contributed by atoms with Gasteiger partial charge < -0.3 is 8.97 Å². The lowest BCUT2D eigenvalue weighted by Gasteiger charge is -2.38. The molecule has 0 amide bonds. The standard InChI is InChI=1S/C22H38N2/c1-5-13-23(3,14-6-2)15-7-8-16-24(4)17-21-19-9-10-20(12-11-19)22(21)18-24/h5-6,9-10,19-22H,1-2,7-8,11-18H2,3-4H3/q+2. The highest BCUT2D eigenvalue weighted by Gasteiger charge is 2.51. The van der Waals surface area contributed by atoms with Gasteiger partial charge in [-0.25, -0.2) is 0 Å². The van der Waals surface area contributed by atoms with Crippen molar-refractivity contribution in [2.75, 3.05) is 53.4 Å². The molecule has 0 spiro atoms. The van der Waals surface area contributed by atoms with Gasteiger partial charge in [0.25, 0.3) is 0 Å². The first-order valence-electron chi connectivity index (χ1n) is 10.1. The minimum absolute atomic E-state index is 0.903. The van der Waals surface area contributed by atoms with Crippen molar-refractivity contribution in [3.8, 4) is 0 Å². The molecule has 4 unspecified atom stereocenters. The lowest BCUT2D eigenvalue weighted by atomic mass is 9.64. The molecule has 2 bridgehead atoms. The fourth-order valence-corrected chi connectivity index (χ4v) is 5.90. The molecule has 2 heteroatoms. The molecule has 0 radical (unpaired) electrons. The summed E-state index contributed by atoms with van der Waals surface area (Å²) in [5, 5.41) is 0. The summed E-state index contributed by atoms with van der Waals surface area (Å²) in [5.74, 6) is 3.78. The van der Waals surface area contributed by atoms with Crippen LogP contribution in [0.15, 0.2) is 37.5 Å². The predicted octanol–water partition coefficient (Wildman–Crippen LogP) is 3.87. The van der Waals surface area contributed by atoms with Crippen molar-refractivity contribution in [3.05, 3.63) is 37.5 Å². The van der Waals surface area contributed by atoms with Gasteiger partial charge in [-0.2, -0.15) is 0 Å². The Kier molecular flexibility index (Phi) is 5.36. The minimum atomic E-state index is 0.903. The van der Waals surface area contributed by atoms with E-state index >= 15 is 0 Å². The summed E-state index contributed by atoms with van der Waals surface area (Å²) in [6.07, 6.45) is 14.8. The molecule has 4 atom stereocenters. The quantitative estimate of drug-likeness (QED) is 0.342. The summed E-state index contributed by atoms with van der Waals surface area (Å²) in [6.45, 7) is 15.5. The van der Waals surface area contributed by atoms with E-state index in [9.17, 15) is 0 Å². The van der Waals surface area contributed by atoms with Crippen LogP contribution in [0.25, 0.3) is 0 Å². The van der Waals surface area contributed by atoms with Crippen LogP contribution in [0.4, 0.5) is 0 Å². The van der Waals surface area contributed by atoms with Crippen molar-refractivity contribution >= 4 is 0 Å². The van der Waals surface area contributed by atoms with Crippen LogP contribution in [0.2, 0.25) is 0 Å². The van der Waals surface area contributed by atoms with Gasteiger partial charge in [0.2, 0.25) is 0 Å². The second-order valence-corrected chi connectivity index (χ2v) is 9.32. The Labute approximate surface area is 149 Å². The van der Waals surface area contributed by atoms with E-state index in [4.69, 9.17) is 0 Å². The van der Waals surface area contributed by atoms with E-state index in [0.717, 1.165) is 41.2 Å². The summed E-state index contributed by atoms with van der Waals surface area (Å²) in [5.41, 5.74) is 0. The second-order valence-electron chi connectivity index (χ2n) is 9.32. The maximum Gasteiger partial charge on any atom is 0.0971 e. The van der Waals surface area contributed by atoms with E-state index in [1.165, 1.54) is 56.3 Å². The zero-order chi connectivity index (χ0) is 17.2. The molecule has 24 heavy (non-hydrogen) atoms. The number of likely N-dealkylation sites (tertiary alicyclic amines) is 1. The van der Waals surface area contributed by atoms with Gasteiger partial charge in [-0.1, -0.05) is 25.3 Å². The van der Waals surface area contributed by atoms with Gasteiger partial charge >= 0.3 is 0 Å². The van der Waals surface area contributed by atoms with E-state index in [1.807, 2.05) is 0 Å². The number of fused-ring (bicyclic) bond motifs is 1. The highest BCUT2D eigenvalue weighted by atomic mass is 15.4. The molecule has 4 aliphatic rings. The van der Waals surface area contributed by atoms with Crippen molar-refractivity contribution in [2.24, 2.45) is 23.7 Å². The smallest absolute Gasteiger partial charge is 0.0971 e. The summed E-state index contributed by atoms with van der Waals surface area (Å²) < 4.78 is 2.40. The van der Waals surface area contributed by atoms with Crippen molar-refractivity contribution in [3.63, 3.8) is 0 Å². The fraction of sp³-hybridized carbons (Fsp3) is 0.727. The van der Waals surface area contributed by atoms with Gasteiger partial charge in [-0.15, -0.1) is 0 Å². The van der Waals surface area contributed by atoms with Crippen molar-refractivity contribution in [2.45, 2.75) is 25.7 Å². The molecule has 0 aromatic rings. The van der Waals surface area contributed by atoms with Crippen LogP contribution in [0.1, 0.15) is 25.7 Å². The highest BCUT2D eigenvalue weighted by Crippen LogP contribution is 2.49. The number of hydrogen-bond donors (Lipinski definition) is 0. The molecular formula is C22H38N2+2. The molecule has 0 aromatic carbocycles. The minimum Gasteiger partial charge on any atom is -0.326 e. The molecular weight excluding hydrogens is 292 g/mol. The van der Waals surface area contributed by atoms with Gasteiger partial charge in [0.05, 0.1) is 53.4 Å². The largest absolute Gasteiger partial charge is 0.326 e. The normalized spacial score (nSPS) is 37.4. The monoisotopic (exact) mass is 330 g/mol. The average Bonchev–Trinajstić information content (AvgIpc) is 2.93. The molecule has 2 fully saturated rings. The summed E-state index contributed by atoms with van der Waals surface area (Å²) in [4.78, 5) is 0. The summed E-state index contributed by atoms with van der Waals surface area (Å²) in [7, 11) is 4.87. The number of allylic oxidation sites excluding steroid dienone is 2. The molecule has 1 aliphatic heterocycles. The molecule has 1 heterocycles. The van der Waals surface area contributed by atoms with E-state index in [1.54, 1.807) is 0 Å². The van der Waals surface area contributed by atoms with Gasteiger partial charge in [-0.05, 0) is 36.8 Å². The van der Waals surface area contributed by atoms with Gasteiger partial charge in [0, 0.05) is 24.7 Å². The SMILES string of the molecule is C=CC[N+](C)(CC=C)CCCC[N+]1(C)CC2C3C=CC(CC3)C2C1. The number of rotatable bonds is 9. The van der Waals surface area contributed by atoms with Crippen molar-refractivity contribution < 1.29 is 8.97 Å². The van der Waals surface area contributed by atoms with Crippen molar-refractivity contribution in [1.82, 2.24) is 0 Å². The van der Waals surface area contributed by atoms with Gasteiger partial charge in [-0.3, -0.25) is 0 Å². The fourth-order valence-electron chi connectivity index (χ4n) is 5.90. The number of quaternary nitrogens is 2. The Morgan fingerprint density at radius 3 is 2.00 bits per heavy atom. The number of hydrogen-bond acceptors (Lipinski definition) is 0. The topological polar surface area (TPSA) is 0 Å². The number of unbranched alkanes of at least 4 members (excludes halogenated alkanes) is 1.